The highest BCUT2D eigenvalue weighted by molar-refractivity contribution is 5.95. The van der Waals surface area contributed by atoms with Crippen LogP contribution in [0, 0.1) is 0 Å². The van der Waals surface area contributed by atoms with Gasteiger partial charge >= 0.3 is 5.97 Å². The number of pyridine rings is 2. The van der Waals surface area contributed by atoms with Crippen LogP contribution in [-0.2, 0) is 16.5 Å². The summed E-state index contributed by atoms with van der Waals surface area (Å²) in [4.78, 5) is 20.3. The largest absolute Gasteiger partial charge is 0.464 e. The molecular weight excluding hydrogens is 510 g/mol. The Balaban J connectivity index is 0.000000827. The fraction of sp³-hybridized carbons (Fsp3) is 0.200. The number of methoxy groups -OCH3 is 2. The van der Waals surface area contributed by atoms with Gasteiger partial charge in [-0.25, -0.2) is 19.4 Å². The second-order valence-electron chi connectivity index (χ2n) is 7.92. The number of nitrogens with zero attached hydrogens (tertiary/aromatic N) is 4. The number of ether oxygens (including phenoxy) is 4. The van der Waals surface area contributed by atoms with Crippen molar-refractivity contribution in [3.05, 3.63) is 90.9 Å². The van der Waals surface area contributed by atoms with Gasteiger partial charge in [0, 0.05) is 45.4 Å². The molecule has 0 aliphatic heterocycles. The summed E-state index contributed by atoms with van der Waals surface area (Å²) in [6.45, 7) is 4.00. The zero-order chi connectivity index (χ0) is 28.9. The van der Waals surface area contributed by atoms with E-state index >= 15 is 0 Å². The molecular formula is C30H33N5O5. The summed E-state index contributed by atoms with van der Waals surface area (Å²) in [6, 6.07) is 22.0. The highest BCUT2D eigenvalue weighted by Gasteiger charge is 2.17. The Morgan fingerprint density at radius 2 is 1.40 bits per heavy atom. The van der Waals surface area contributed by atoms with E-state index < -0.39 is 5.97 Å². The van der Waals surface area contributed by atoms with Crippen LogP contribution < -0.4 is 14.8 Å². The van der Waals surface area contributed by atoms with Gasteiger partial charge in [0.15, 0.2) is 11.5 Å². The summed E-state index contributed by atoms with van der Waals surface area (Å²) in [5.74, 6) is 2.66. The van der Waals surface area contributed by atoms with Crippen LogP contribution in [-0.4, -0.2) is 47.0 Å². The van der Waals surface area contributed by atoms with Gasteiger partial charge in [-0.1, -0.05) is 32.0 Å². The lowest BCUT2D eigenvalue weighted by Crippen LogP contribution is -2.04. The first-order valence-electron chi connectivity index (χ1n) is 12.6. The molecule has 0 saturated carbocycles. The van der Waals surface area contributed by atoms with Crippen LogP contribution in [0.15, 0.2) is 85.2 Å². The zero-order valence-electron chi connectivity index (χ0n) is 23.4. The van der Waals surface area contributed by atoms with Crippen LogP contribution in [0.3, 0.4) is 0 Å². The van der Waals surface area contributed by atoms with Crippen molar-refractivity contribution in [3.8, 4) is 23.0 Å². The summed E-state index contributed by atoms with van der Waals surface area (Å²) in [7, 11) is 6.36. The van der Waals surface area contributed by atoms with E-state index in [-0.39, 0.29) is 5.69 Å². The van der Waals surface area contributed by atoms with Crippen molar-refractivity contribution in [2.45, 2.75) is 13.8 Å². The number of aryl methyl sites for hydroxylation is 1. The lowest BCUT2D eigenvalue weighted by molar-refractivity contribution is 0.0594. The van der Waals surface area contributed by atoms with Gasteiger partial charge in [-0.3, -0.25) is 0 Å². The molecule has 0 amide bonds. The Bertz CT molecular complexity index is 1500. The number of hydrogen-bond acceptors (Lipinski definition) is 9. The average molecular weight is 544 g/mol. The van der Waals surface area contributed by atoms with Crippen molar-refractivity contribution in [3.63, 3.8) is 0 Å². The van der Waals surface area contributed by atoms with Gasteiger partial charge in [-0.2, -0.15) is 5.10 Å². The molecule has 2 aromatic carbocycles. The topological polar surface area (TPSA) is 110 Å². The van der Waals surface area contributed by atoms with Gasteiger partial charge in [-0.05, 0) is 48.5 Å². The molecule has 3 aromatic heterocycles. The number of fused-ring (bicyclic) bond motifs is 1. The number of hydrogen-bond donors (Lipinski definition) is 1. The minimum absolute atomic E-state index is 0.185. The van der Waals surface area contributed by atoms with E-state index in [9.17, 15) is 4.79 Å². The SMILES string of the molecule is CC.COC.COC(=O)c1cc(Nc2nn(C)c3nccc(Oc4ccc(Oc5ccccc5)cc4)c23)ccn1. The second kappa shape index (κ2) is 14.8. The molecule has 0 saturated heterocycles. The maximum atomic E-state index is 11.8. The first kappa shape index (κ1) is 29.6. The van der Waals surface area contributed by atoms with E-state index in [1.807, 2.05) is 68.4 Å². The molecule has 0 unspecified atom stereocenters. The van der Waals surface area contributed by atoms with E-state index in [2.05, 4.69) is 25.1 Å². The number of benzene rings is 2. The fourth-order valence-corrected chi connectivity index (χ4v) is 3.51. The molecule has 5 aromatic rings. The molecule has 10 nitrogen and oxygen atoms in total. The number of carbonyl (C=O) groups excluding carboxylic acids is 1. The van der Waals surface area contributed by atoms with Gasteiger partial charge < -0.3 is 24.3 Å². The van der Waals surface area contributed by atoms with Crippen molar-refractivity contribution in [1.29, 1.82) is 0 Å². The minimum atomic E-state index is -0.523. The van der Waals surface area contributed by atoms with Gasteiger partial charge in [0.25, 0.3) is 0 Å². The Kier molecular flexibility index (Phi) is 11.0. The van der Waals surface area contributed by atoms with Crippen molar-refractivity contribution < 1.29 is 23.7 Å². The Labute approximate surface area is 233 Å². The standard InChI is InChI=1S/C26H21N5O4.C2H6O.C2H6/c1-31-25-23(24(30-31)29-17-12-14-27-21(16-17)26(32)33-2)22(13-15-28-25)35-20-10-8-19(9-11-20)34-18-6-4-3-5-7-18;1-3-2;1-2/h3-16H,1-2H3,(H,27,29,30);1-2H3;1-2H3. The van der Waals surface area contributed by atoms with Crippen LogP contribution in [0.2, 0.25) is 0 Å². The van der Waals surface area contributed by atoms with Gasteiger partial charge in [-0.15, -0.1) is 0 Å². The Morgan fingerprint density at radius 1 is 0.800 bits per heavy atom. The molecule has 0 radical (unpaired) electrons. The predicted octanol–water partition coefficient (Wildman–Crippen LogP) is 6.77. The number of carbonyl (C=O) groups is 1. The van der Waals surface area contributed by atoms with Gasteiger partial charge in [0.05, 0.1) is 7.11 Å². The van der Waals surface area contributed by atoms with Crippen LogP contribution >= 0.6 is 0 Å². The van der Waals surface area contributed by atoms with Gasteiger partial charge in [0.2, 0.25) is 0 Å². The molecule has 10 heteroatoms. The molecule has 0 fully saturated rings. The molecule has 0 aliphatic rings. The maximum Gasteiger partial charge on any atom is 0.356 e. The number of rotatable bonds is 7. The molecule has 40 heavy (non-hydrogen) atoms. The third kappa shape index (κ3) is 7.55. The molecule has 0 atom stereocenters. The maximum absolute atomic E-state index is 11.8. The second-order valence-corrected chi connectivity index (χ2v) is 7.92. The first-order chi connectivity index (χ1) is 19.5. The van der Waals surface area contributed by atoms with Crippen LogP contribution in [0.4, 0.5) is 11.5 Å². The Morgan fingerprint density at radius 3 is 2.05 bits per heavy atom. The average Bonchev–Trinajstić information content (AvgIpc) is 3.31. The van der Waals surface area contributed by atoms with Crippen molar-refractivity contribution in [2.75, 3.05) is 26.6 Å². The van der Waals surface area contributed by atoms with Crippen LogP contribution in [0.25, 0.3) is 11.0 Å². The van der Waals surface area contributed by atoms with E-state index in [1.54, 1.807) is 50.3 Å². The smallest absolute Gasteiger partial charge is 0.356 e. The van der Waals surface area contributed by atoms with Crippen molar-refractivity contribution >= 4 is 28.5 Å². The quantitative estimate of drug-likeness (QED) is 0.222. The van der Waals surface area contributed by atoms with Crippen molar-refractivity contribution in [1.82, 2.24) is 19.7 Å². The summed E-state index contributed by atoms with van der Waals surface area (Å²) in [5, 5.41) is 8.47. The lowest BCUT2D eigenvalue weighted by atomic mass is 10.2. The van der Waals surface area contributed by atoms with Gasteiger partial charge in [0.1, 0.15) is 34.1 Å². The molecule has 0 aliphatic carbocycles. The third-order valence-corrected chi connectivity index (χ3v) is 5.13. The first-order valence-corrected chi connectivity index (χ1v) is 12.6. The highest BCUT2D eigenvalue weighted by Crippen LogP contribution is 2.35. The van der Waals surface area contributed by atoms with Crippen LogP contribution in [0.5, 0.6) is 23.0 Å². The number of aromatic nitrogens is 4. The molecule has 0 spiro atoms. The zero-order valence-corrected chi connectivity index (χ0v) is 23.4. The predicted molar refractivity (Wildman–Crippen MR) is 155 cm³/mol. The third-order valence-electron chi connectivity index (χ3n) is 5.13. The highest BCUT2D eigenvalue weighted by atomic mass is 16.5. The molecule has 208 valence electrons. The van der Waals surface area contributed by atoms with Crippen LogP contribution in [0.1, 0.15) is 24.3 Å². The normalized spacial score (nSPS) is 9.95. The minimum Gasteiger partial charge on any atom is -0.464 e. The van der Waals surface area contributed by atoms with E-state index in [0.717, 1.165) is 5.75 Å². The van der Waals surface area contributed by atoms with E-state index in [4.69, 9.17) is 14.2 Å². The fourth-order valence-electron chi connectivity index (χ4n) is 3.51. The molecule has 0 bridgehead atoms. The lowest BCUT2D eigenvalue weighted by Gasteiger charge is -2.10. The summed E-state index contributed by atoms with van der Waals surface area (Å²) in [6.07, 6.45) is 3.19. The molecule has 1 N–H and O–H groups in total. The van der Waals surface area contributed by atoms with E-state index in [0.29, 0.717) is 39.8 Å². The Hall–Kier alpha value is -4.96. The summed E-state index contributed by atoms with van der Waals surface area (Å²) in [5.41, 5.74) is 1.44. The molecule has 3 heterocycles. The number of para-hydroxylation sites is 1. The van der Waals surface area contributed by atoms with Crippen molar-refractivity contribution in [2.24, 2.45) is 7.05 Å². The monoisotopic (exact) mass is 543 g/mol. The summed E-state index contributed by atoms with van der Waals surface area (Å²) >= 11 is 0. The molecule has 5 rings (SSSR count). The summed E-state index contributed by atoms with van der Waals surface area (Å²) < 4.78 is 22.7. The van der Waals surface area contributed by atoms with E-state index in [1.165, 1.54) is 13.3 Å². The number of nitrogens with one attached hydrogen (secondary N) is 1. The number of esters is 1. The number of anilines is 2.